The van der Waals surface area contributed by atoms with Crippen LogP contribution >= 0.6 is 0 Å². The van der Waals surface area contributed by atoms with Crippen molar-refractivity contribution >= 4 is 5.82 Å². The molecule has 0 aromatic carbocycles. The second-order valence-electron chi connectivity index (χ2n) is 6.19. The maximum absolute atomic E-state index is 9.49. The van der Waals surface area contributed by atoms with Crippen molar-refractivity contribution in [1.82, 2.24) is 9.97 Å². The van der Waals surface area contributed by atoms with Crippen molar-refractivity contribution in [2.75, 3.05) is 5.32 Å². The van der Waals surface area contributed by atoms with Crippen LogP contribution in [0.15, 0.2) is 12.4 Å². The summed E-state index contributed by atoms with van der Waals surface area (Å²) >= 11 is 0. The van der Waals surface area contributed by atoms with E-state index in [9.17, 15) is 5.11 Å². The van der Waals surface area contributed by atoms with Gasteiger partial charge in [-0.15, -0.1) is 0 Å². The van der Waals surface area contributed by atoms with Crippen molar-refractivity contribution in [2.45, 2.75) is 64.0 Å². The van der Waals surface area contributed by atoms with Crippen molar-refractivity contribution in [2.24, 2.45) is 0 Å². The van der Waals surface area contributed by atoms with E-state index in [1.807, 2.05) is 6.07 Å². The number of nitrogens with one attached hydrogen (secondary N) is 1. The molecule has 1 aromatic rings. The Labute approximate surface area is 109 Å². The Bertz CT molecular complexity index is 392. The van der Waals surface area contributed by atoms with Gasteiger partial charge in [0.05, 0.1) is 11.8 Å². The van der Waals surface area contributed by atoms with Crippen LogP contribution in [-0.4, -0.2) is 27.2 Å². The van der Waals surface area contributed by atoms with Crippen LogP contribution in [0.5, 0.6) is 0 Å². The topological polar surface area (TPSA) is 58.0 Å². The molecule has 1 aliphatic carbocycles. The van der Waals surface area contributed by atoms with Gasteiger partial charge in [-0.2, -0.15) is 0 Å². The zero-order chi connectivity index (χ0) is 13.2. The van der Waals surface area contributed by atoms with Crippen LogP contribution < -0.4 is 5.32 Å². The summed E-state index contributed by atoms with van der Waals surface area (Å²) in [6, 6.07) is 2.46. The van der Waals surface area contributed by atoms with Crippen molar-refractivity contribution < 1.29 is 5.11 Å². The number of aliphatic hydroxyl groups excluding tert-OH is 1. The van der Waals surface area contributed by atoms with Gasteiger partial charge < -0.3 is 10.4 Å². The number of rotatable bonds is 2. The highest BCUT2D eigenvalue weighted by molar-refractivity contribution is 5.37. The van der Waals surface area contributed by atoms with Crippen molar-refractivity contribution in [3.8, 4) is 0 Å². The van der Waals surface area contributed by atoms with Crippen LogP contribution in [0.25, 0.3) is 0 Å². The molecule has 18 heavy (non-hydrogen) atoms. The zero-order valence-corrected chi connectivity index (χ0v) is 11.5. The fraction of sp³-hybridized carbons (Fsp3) is 0.714. The molecule has 0 atom stereocenters. The van der Waals surface area contributed by atoms with Crippen LogP contribution in [-0.2, 0) is 5.41 Å². The average molecular weight is 249 g/mol. The van der Waals surface area contributed by atoms with E-state index in [-0.39, 0.29) is 11.5 Å². The second-order valence-corrected chi connectivity index (χ2v) is 6.19. The lowest BCUT2D eigenvalue weighted by Gasteiger charge is -2.27. The van der Waals surface area contributed by atoms with E-state index < -0.39 is 0 Å². The minimum Gasteiger partial charge on any atom is -0.393 e. The Morgan fingerprint density at radius 1 is 1.17 bits per heavy atom. The fourth-order valence-electron chi connectivity index (χ4n) is 2.28. The molecule has 1 aliphatic rings. The molecule has 0 amide bonds. The fourth-order valence-corrected chi connectivity index (χ4v) is 2.28. The molecule has 100 valence electrons. The zero-order valence-electron chi connectivity index (χ0n) is 11.5. The van der Waals surface area contributed by atoms with E-state index in [1.165, 1.54) is 0 Å². The summed E-state index contributed by atoms with van der Waals surface area (Å²) in [5.74, 6) is 0.899. The van der Waals surface area contributed by atoms with Crippen LogP contribution in [0, 0.1) is 0 Å². The lowest BCUT2D eigenvalue weighted by atomic mass is 9.91. The van der Waals surface area contributed by atoms with Gasteiger partial charge in [-0.05, 0) is 25.7 Å². The van der Waals surface area contributed by atoms with E-state index >= 15 is 0 Å². The van der Waals surface area contributed by atoms with Gasteiger partial charge >= 0.3 is 0 Å². The standard InChI is InChI=1S/C14H23N3O/c1-14(2,3)12-8-13(16-9-15-12)17-10-4-6-11(18)7-5-10/h8-11,18H,4-7H2,1-3H3,(H,15,16,17)/t10-,11+. The second kappa shape index (κ2) is 5.22. The van der Waals surface area contributed by atoms with Gasteiger partial charge in [-0.25, -0.2) is 9.97 Å². The SMILES string of the molecule is CC(C)(C)c1cc(N[C@H]2CC[C@@H](O)CC2)ncn1. The Morgan fingerprint density at radius 2 is 1.83 bits per heavy atom. The Balaban J connectivity index is 2.01. The van der Waals surface area contributed by atoms with Crippen molar-refractivity contribution in [3.05, 3.63) is 18.1 Å². The monoisotopic (exact) mass is 249 g/mol. The molecule has 4 heteroatoms. The summed E-state index contributed by atoms with van der Waals surface area (Å²) in [7, 11) is 0. The first-order valence-electron chi connectivity index (χ1n) is 6.72. The minimum absolute atomic E-state index is 0.0438. The lowest BCUT2D eigenvalue weighted by molar-refractivity contribution is 0.126. The number of hydrogen-bond acceptors (Lipinski definition) is 4. The Morgan fingerprint density at radius 3 is 2.44 bits per heavy atom. The van der Waals surface area contributed by atoms with E-state index in [4.69, 9.17) is 0 Å². The van der Waals surface area contributed by atoms with E-state index in [1.54, 1.807) is 6.33 Å². The molecule has 0 spiro atoms. The summed E-state index contributed by atoms with van der Waals surface area (Å²) in [4.78, 5) is 8.61. The summed E-state index contributed by atoms with van der Waals surface area (Å²) in [5, 5.41) is 12.9. The van der Waals surface area contributed by atoms with Gasteiger partial charge in [0.15, 0.2) is 0 Å². The Kier molecular flexibility index (Phi) is 3.85. The molecule has 0 aliphatic heterocycles. The van der Waals surface area contributed by atoms with Crippen LogP contribution in [0.2, 0.25) is 0 Å². The van der Waals surface area contributed by atoms with E-state index in [2.05, 4.69) is 36.1 Å². The predicted octanol–water partition coefficient (Wildman–Crippen LogP) is 2.49. The molecular formula is C14H23N3O. The summed E-state index contributed by atoms with van der Waals surface area (Å²) in [5.41, 5.74) is 1.10. The van der Waals surface area contributed by atoms with Crippen molar-refractivity contribution in [1.29, 1.82) is 0 Å². The van der Waals surface area contributed by atoms with Gasteiger partial charge in [-0.3, -0.25) is 0 Å². The molecule has 1 fully saturated rings. The first-order chi connectivity index (χ1) is 8.45. The molecule has 2 rings (SSSR count). The number of nitrogens with zero attached hydrogens (tertiary/aromatic N) is 2. The van der Waals surface area contributed by atoms with E-state index in [0.717, 1.165) is 37.2 Å². The van der Waals surface area contributed by atoms with Gasteiger partial charge in [0, 0.05) is 17.5 Å². The lowest BCUT2D eigenvalue weighted by Crippen LogP contribution is -2.28. The third kappa shape index (κ3) is 3.42. The van der Waals surface area contributed by atoms with Gasteiger partial charge in [0.1, 0.15) is 12.1 Å². The molecule has 0 radical (unpaired) electrons. The van der Waals surface area contributed by atoms with Crippen LogP contribution in [0.3, 0.4) is 0 Å². The van der Waals surface area contributed by atoms with Gasteiger partial charge in [0.25, 0.3) is 0 Å². The first kappa shape index (κ1) is 13.3. The smallest absolute Gasteiger partial charge is 0.129 e. The molecule has 0 unspecified atom stereocenters. The number of aromatic nitrogens is 2. The third-order valence-electron chi connectivity index (χ3n) is 3.48. The molecule has 1 aromatic heterocycles. The maximum Gasteiger partial charge on any atom is 0.129 e. The summed E-state index contributed by atoms with van der Waals surface area (Å²) in [6.45, 7) is 6.45. The highest BCUT2D eigenvalue weighted by Gasteiger charge is 2.20. The van der Waals surface area contributed by atoms with Crippen LogP contribution in [0.4, 0.5) is 5.82 Å². The average Bonchev–Trinajstić information content (AvgIpc) is 2.31. The van der Waals surface area contributed by atoms with Crippen molar-refractivity contribution in [3.63, 3.8) is 0 Å². The van der Waals surface area contributed by atoms with Gasteiger partial charge in [-0.1, -0.05) is 20.8 Å². The predicted molar refractivity (Wildman–Crippen MR) is 72.6 cm³/mol. The minimum atomic E-state index is -0.112. The highest BCUT2D eigenvalue weighted by atomic mass is 16.3. The molecular weight excluding hydrogens is 226 g/mol. The molecule has 4 nitrogen and oxygen atoms in total. The normalized spacial score (nSPS) is 24.9. The van der Waals surface area contributed by atoms with Gasteiger partial charge in [0.2, 0.25) is 0 Å². The Hall–Kier alpha value is -1.16. The number of aliphatic hydroxyl groups is 1. The first-order valence-corrected chi connectivity index (χ1v) is 6.72. The molecule has 1 heterocycles. The molecule has 1 saturated carbocycles. The van der Waals surface area contributed by atoms with E-state index in [0.29, 0.717) is 6.04 Å². The highest BCUT2D eigenvalue weighted by Crippen LogP contribution is 2.24. The van der Waals surface area contributed by atoms with Crippen LogP contribution in [0.1, 0.15) is 52.1 Å². The molecule has 0 bridgehead atoms. The molecule has 2 N–H and O–H groups in total. The number of anilines is 1. The molecule has 0 saturated heterocycles. The quantitative estimate of drug-likeness (QED) is 0.845. The third-order valence-corrected chi connectivity index (χ3v) is 3.48. The summed E-state index contributed by atoms with van der Waals surface area (Å²) in [6.07, 6.45) is 5.30. The largest absolute Gasteiger partial charge is 0.393 e. The maximum atomic E-state index is 9.49. The number of hydrogen-bond donors (Lipinski definition) is 2. The summed E-state index contributed by atoms with van der Waals surface area (Å²) < 4.78 is 0.